The molecule has 18 heavy (non-hydrogen) atoms. The smallest absolute Gasteiger partial charge is 0.220 e. The molecular formula is C15H30N2O. The zero-order valence-corrected chi connectivity index (χ0v) is 12.3. The Morgan fingerprint density at radius 3 is 2.39 bits per heavy atom. The second-order valence-corrected chi connectivity index (χ2v) is 6.73. The monoisotopic (exact) mass is 254 g/mol. The summed E-state index contributed by atoms with van der Waals surface area (Å²) in [4.78, 5) is 11.9. The molecule has 1 amide bonds. The number of rotatable bonds is 6. The van der Waals surface area contributed by atoms with Gasteiger partial charge in [-0.05, 0) is 43.6 Å². The van der Waals surface area contributed by atoms with Crippen LogP contribution < -0.4 is 11.1 Å². The quantitative estimate of drug-likeness (QED) is 0.766. The van der Waals surface area contributed by atoms with Gasteiger partial charge < -0.3 is 11.1 Å². The first-order valence-corrected chi connectivity index (χ1v) is 7.43. The van der Waals surface area contributed by atoms with E-state index in [1.165, 1.54) is 12.8 Å². The Kier molecular flexibility index (Phi) is 6.13. The summed E-state index contributed by atoms with van der Waals surface area (Å²) >= 11 is 0. The van der Waals surface area contributed by atoms with Crippen molar-refractivity contribution in [2.45, 2.75) is 71.8 Å². The van der Waals surface area contributed by atoms with Crippen molar-refractivity contribution < 1.29 is 4.79 Å². The Labute approximate surface area is 112 Å². The fraction of sp³-hybridized carbons (Fsp3) is 0.933. The maximum absolute atomic E-state index is 11.9. The lowest BCUT2D eigenvalue weighted by Crippen LogP contribution is -2.33. The van der Waals surface area contributed by atoms with Gasteiger partial charge in [-0.15, -0.1) is 0 Å². The van der Waals surface area contributed by atoms with Crippen molar-refractivity contribution in [1.82, 2.24) is 5.32 Å². The summed E-state index contributed by atoms with van der Waals surface area (Å²) in [6, 6.07) is 0.445. The molecule has 0 radical (unpaired) electrons. The number of carbonyl (C=O) groups is 1. The highest BCUT2D eigenvalue weighted by Gasteiger charge is 2.25. The van der Waals surface area contributed by atoms with Gasteiger partial charge in [0, 0.05) is 12.5 Å². The molecule has 1 fully saturated rings. The van der Waals surface area contributed by atoms with Crippen LogP contribution in [0.1, 0.15) is 65.7 Å². The molecule has 0 aliphatic heterocycles. The highest BCUT2D eigenvalue weighted by Crippen LogP contribution is 2.32. The van der Waals surface area contributed by atoms with E-state index in [1.54, 1.807) is 0 Å². The Bertz CT molecular complexity index is 252. The van der Waals surface area contributed by atoms with E-state index in [0.717, 1.165) is 25.7 Å². The highest BCUT2D eigenvalue weighted by molar-refractivity contribution is 5.76. The molecule has 106 valence electrons. The normalized spacial score (nSPS) is 18.9. The maximum atomic E-state index is 11.9. The van der Waals surface area contributed by atoms with Crippen LogP contribution in [0.15, 0.2) is 0 Å². The lowest BCUT2D eigenvalue weighted by Gasteiger charge is -2.30. The molecule has 0 spiro atoms. The molecule has 0 aromatic rings. The van der Waals surface area contributed by atoms with Crippen molar-refractivity contribution >= 4 is 5.91 Å². The van der Waals surface area contributed by atoms with Crippen LogP contribution in [0.25, 0.3) is 0 Å². The number of hydrogen-bond acceptors (Lipinski definition) is 2. The summed E-state index contributed by atoms with van der Waals surface area (Å²) in [7, 11) is 0. The molecule has 1 saturated carbocycles. The topological polar surface area (TPSA) is 55.1 Å². The lowest BCUT2D eigenvalue weighted by molar-refractivity contribution is -0.122. The van der Waals surface area contributed by atoms with E-state index < -0.39 is 0 Å². The molecule has 3 heteroatoms. The van der Waals surface area contributed by atoms with Gasteiger partial charge in [0.25, 0.3) is 0 Å². The number of nitrogens with two attached hydrogens (primary N) is 1. The van der Waals surface area contributed by atoms with E-state index in [-0.39, 0.29) is 11.3 Å². The molecule has 1 unspecified atom stereocenters. The molecule has 3 N–H and O–H groups in total. The highest BCUT2D eigenvalue weighted by atomic mass is 16.1. The minimum atomic E-state index is 0.230. The summed E-state index contributed by atoms with van der Waals surface area (Å²) in [6.07, 6.45) is 7.48. The molecule has 1 aliphatic carbocycles. The van der Waals surface area contributed by atoms with Crippen LogP contribution in [-0.2, 0) is 4.79 Å². The SMILES string of the molecule is CC(C)(C)C(CCN)CCC(=O)NC1CCCC1. The van der Waals surface area contributed by atoms with E-state index in [0.29, 0.717) is 24.9 Å². The molecule has 1 rings (SSSR count). The molecule has 1 atom stereocenters. The van der Waals surface area contributed by atoms with Crippen molar-refractivity contribution in [2.24, 2.45) is 17.1 Å². The second-order valence-electron chi connectivity index (χ2n) is 6.73. The van der Waals surface area contributed by atoms with E-state index in [9.17, 15) is 4.79 Å². The molecule has 0 saturated heterocycles. The van der Waals surface area contributed by atoms with E-state index in [2.05, 4.69) is 26.1 Å². The largest absolute Gasteiger partial charge is 0.353 e. The Hall–Kier alpha value is -0.570. The predicted octanol–water partition coefficient (Wildman–Crippen LogP) is 2.84. The van der Waals surface area contributed by atoms with Gasteiger partial charge in [0.05, 0.1) is 0 Å². The zero-order chi connectivity index (χ0) is 13.6. The zero-order valence-electron chi connectivity index (χ0n) is 12.3. The molecule has 0 aromatic heterocycles. The molecule has 0 heterocycles. The number of carbonyl (C=O) groups excluding carboxylic acids is 1. The Morgan fingerprint density at radius 2 is 1.89 bits per heavy atom. The lowest BCUT2D eigenvalue weighted by atomic mass is 9.76. The molecule has 0 aromatic carbocycles. The van der Waals surface area contributed by atoms with Crippen molar-refractivity contribution in [1.29, 1.82) is 0 Å². The van der Waals surface area contributed by atoms with Gasteiger partial charge in [-0.3, -0.25) is 4.79 Å². The fourth-order valence-electron chi connectivity index (χ4n) is 2.89. The summed E-state index contributed by atoms with van der Waals surface area (Å²) in [5.41, 5.74) is 5.91. The van der Waals surface area contributed by atoms with Crippen molar-refractivity contribution in [3.8, 4) is 0 Å². The third kappa shape index (κ3) is 5.38. The van der Waals surface area contributed by atoms with E-state index >= 15 is 0 Å². The van der Waals surface area contributed by atoms with Crippen LogP contribution in [0.4, 0.5) is 0 Å². The average Bonchev–Trinajstić information content (AvgIpc) is 2.75. The predicted molar refractivity (Wildman–Crippen MR) is 76.2 cm³/mol. The van der Waals surface area contributed by atoms with Gasteiger partial charge in [0.2, 0.25) is 5.91 Å². The molecule has 0 bridgehead atoms. The summed E-state index contributed by atoms with van der Waals surface area (Å²) in [6.45, 7) is 7.43. The molecule has 1 aliphatic rings. The fourth-order valence-corrected chi connectivity index (χ4v) is 2.89. The van der Waals surface area contributed by atoms with E-state index in [4.69, 9.17) is 5.73 Å². The number of hydrogen-bond donors (Lipinski definition) is 2. The Balaban J connectivity index is 2.30. The number of nitrogens with one attached hydrogen (secondary N) is 1. The first kappa shape index (κ1) is 15.5. The molecular weight excluding hydrogens is 224 g/mol. The van der Waals surface area contributed by atoms with Crippen LogP contribution in [0.5, 0.6) is 0 Å². The first-order chi connectivity index (χ1) is 8.43. The third-order valence-corrected chi connectivity index (χ3v) is 4.18. The van der Waals surface area contributed by atoms with Crippen LogP contribution in [0, 0.1) is 11.3 Å². The summed E-state index contributed by atoms with van der Waals surface area (Å²) in [5, 5.41) is 3.16. The van der Waals surface area contributed by atoms with Gasteiger partial charge in [-0.25, -0.2) is 0 Å². The average molecular weight is 254 g/mol. The van der Waals surface area contributed by atoms with Crippen LogP contribution in [-0.4, -0.2) is 18.5 Å². The third-order valence-electron chi connectivity index (χ3n) is 4.18. The Morgan fingerprint density at radius 1 is 1.28 bits per heavy atom. The van der Waals surface area contributed by atoms with E-state index in [1.807, 2.05) is 0 Å². The second kappa shape index (κ2) is 7.13. The summed E-state index contributed by atoms with van der Waals surface area (Å²) in [5.74, 6) is 0.769. The van der Waals surface area contributed by atoms with Crippen molar-refractivity contribution in [3.05, 3.63) is 0 Å². The van der Waals surface area contributed by atoms with Gasteiger partial charge in [-0.1, -0.05) is 33.6 Å². The maximum Gasteiger partial charge on any atom is 0.220 e. The van der Waals surface area contributed by atoms with Crippen LogP contribution >= 0.6 is 0 Å². The molecule has 3 nitrogen and oxygen atoms in total. The van der Waals surface area contributed by atoms with Gasteiger partial charge in [-0.2, -0.15) is 0 Å². The van der Waals surface area contributed by atoms with Crippen LogP contribution in [0.3, 0.4) is 0 Å². The first-order valence-electron chi connectivity index (χ1n) is 7.43. The minimum absolute atomic E-state index is 0.230. The van der Waals surface area contributed by atoms with Crippen molar-refractivity contribution in [3.63, 3.8) is 0 Å². The van der Waals surface area contributed by atoms with Gasteiger partial charge >= 0.3 is 0 Å². The van der Waals surface area contributed by atoms with Crippen molar-refractivity contribution in [2.75, 3.05) is 6.54 Å². The number of amides is 1. The van der Waals surface area contributed by atoms with Gasteiger partial charge in [0.15, 0.2) is 0 Å². The van der Waals surface area contributed by atoms with Gasteiger partial charge in [0.1, 0.15) is 0 Å². The summed E-state index contributed by atoms with van der Waals surface area (Å²) < 4.78 is 0. The van der Waals surface area contributed by atoms with Crippen LogP contribution in [0.2, 0.25) is 0 Å². The minimum Gasteiger partial charge on any atom is -0.353 e. The standard InChI is InChI=1S/C15H30N2O/c1-15(2,3)12(10-11-16)8-9-14(18)17-13-6-4-5-7-13/h12-13H,4-11,16H2,1-3H3,(H,17,18).